The summed E-state index contributed by atoms with van der Waals surface area (Å²) in [7, 11) is 0. The molecule has 0 heterocycles. The van der Waals surface area contributed by atoms with Gasteiger partial charge in [-0.15, -0.1) is 0 Å². The van der Waals surface area contributed by atoms with Gasteiger partial charge in [0.05, 0.1) is 6.54 Å². The largest absolute Gasteiger partial charge is 0.409 e. The van der Waals surface area contributed by atoms with Gasteiger partial charge in [-0.3, -0.25) is 0 Å². The molecule has 4 N–H and O–H groups in total. The number of anilines is 1. The molecule has 5 heteroatoms. The first-order valence-corrected chi connectivity index (χ1v) is 3.68. The molecular weight excluding hydrogens is 173 g/mol. The van der Waals surface area contributed by atoms with Gasteiger partial charge in [-0.1, -0.05) is 11.2 Å². The average molecular weight is 183 g/mol. The first-order chi connectivity index (χ1) is 6.22. The molecule has 0 saturated carbocycles. The summed E-state index contributed by atoms with van der Waals surface area (Å²) in [5.41, 5.74) is 5.79. The van der Waals surface area contributed by atoms with E-state index >= 15 is 0 Å². The van der Waals surface area contributed by atoms with E-state index in [0.717, 1.165) is 0 Å². The number of nitrogens with one attached hydrogen (secondary N) is 1. The Bertz CT molecular complexity index is 314. The van der Waals surface area contributed by atoms with Crippen molar-refractivity contribution < 1.29 is 9.60 Å². The molecule has 0 atom stereocenters. The standard InChI is InChI=1S/C8H10FN3O/c9-6-2-1-3-7(4-6)11-5-8(10)12-13/h1-4,11,13H,5H2,(H2,10,12). The summed E-state index contributed by atoms with van der Waals surface area (Å²) in [6.45, 7) is 0.181. The Kier molecular flexibility index (Phi) is 3.08. The first-order valence-electron chi connectivity index (χ1n) is 3.68. The van der Waals surface area contributed by atoms with E-state index in [1.165, 1.54) is 12.1 Å². The number of halogens is 1. The molecule has 1 aromatic rings. The number of rotatable bonds is 3. The van der Waals surface area contributed by atoms with E-state index in [1.807, 2.05) is 0 Å². The summed E-state index contributed by atoms with van der Waals surface area (Å²) < 4.78 is 12.6. The lowest BCUT2D eigenvalue weighted by Crippen LogP contribution is -2.22. The van der Waals surface area contributed by atoms with Crippen molar-refractivity contribution >= 4 is 11.5 Å². The molecule has 0 saturated heterocycles. The third-order valence-corrected chi connectivity index (χ3v) is 1.43. The SMILES string of the molecule is NC(CNc1cccc(F)c1)=NO. The van der Waals surface area contributed by atoms with E-state index in [0.29, 0.717) is 5.69 Å². The maximum atomic E-state index is 12.6. The smallest absolute Gasteiger partial charge is 0.158 e. The van der Waals surface area contributed by atoms with Crippen molar-refractivity contribution in [2.24, 2.45) is 10.9 Å². The lowest BCUT2D eigenvalue weighted by molar-refractivity contribution is 0.317. The highest BCUT2D eigenvalue weighted by atomic mass is 19.1. The molecule has 0 amide bonds. The van der Waals surface area contributed by atoms with Gasteiger partial charge in [-0.05, 0) is 18.2 Å². The first kappa shape index (κ1) is 9.31. The van der Waals surface area contributed by atoms with Crippen LogP contribution in [0.2, 0.25) is 0 Å². The van der Waals surface area contributed by atoms with Crippen LogP contribution in [0.15, 0.2) is 29.4 Å². The third kappa shape index (κ3) is 2.98. The van der Waals surface area contributed by atoms with E-state index in [2.05, 4.69) is 10.5 Å². The van der Waals surface area contributed by atoms with Crippen LogP contribution < -0.4 is 11.1 Å². The Labute approximate surface area is 74.9 Å². The van der Waals surface area contributed by atoms with Crippen LogP contribution in [0.1, 0.15) is 0 Å². The zero-order valence-electron chi connectivity index (χ0n) is 6.87. The second-order valence-electron chi connectivity index (χ2n) is 2.46. The number of nitrogens with zero attached hydrogens (tertiary/aromatic N) is 1. The number of oxime groups is 1. The van der Waals surface area contributed by atoms with E-state index < -0.39 is 0 Å². The summed E-state index contributed by atoms with van der Waals surface area (Å²) in [6.07, 6.45) is 0. The minimum atomic E-state index is -0.329. The maximum Gasteiger partial charge on any atom is 0.158 e. The van der Waals surface area contributed by atoms with Crippen LogP contribution in [0.3, 0.4) is 0 Å². The van der Waals surface area contributed by atoms with Crippen LogP contribution in [0, 0.1) is 5.82 Å². The zero-order valence-corrected chi connectivity index (χ0v) is 6.87. The monoisotopic (exact) mass is 183 g/mol. The van der Waals surface area contributed by atoms with Gasteiger partial charge in [0.2, 0.25) is 0 Å². The summed E-state index contributed by atoms with van der Waals surface area (Å²) in [6, 6.07) is 5.93. The second-order valence-corrected chi connectivity index (χ2v) is 2.46. The fourth-order valence-electron chi connectivity index (χ4n) is 0.826. The van der Waals surface area contributed by atoms with Crippen LogP contribution >= 0.6 is 0 Å². The van der Waals surface area contributed by atoms with Crippen molar-refractivity contribution in [1.82, 2.24) is 0 Å². The van der Waals surface area contributed by atoms with Crippen molar-refractivity contribution in [3.8, 4) is 0 Å². The Balaban J connectivity index is 2.55. The molecular formula is C8H10FN3O. The predicted octanol–water partition coefficient (Wildman–Crippen LogP) is 0.984. The fourth-order valence-corrected chi connectivity index (χ4v) is 0.826. The molecule has 0 aliphatic rings. The molecule has 13 heavy (non-hydrogen) atoms. The van der Waals surface area contributed by atoms with E-state index in [9.17, 15) is 4.39 Å². The number of benzene rings is 1. The third-order valence-electron chi connectivity index (χ3n) is 1.43. The number of hydrogen-bond donors (Lipinski definition) is 3. The second kappa shape index (κ2) is 4.30. The van der Waals surface area contributed by atoms with E-state index in [-0.39, 0.29) is 18.2 Å². The topological polar surface area (TPSA) is 70.6 Å². The van der Waals surface area contributed by atoms with Gasteiger partial charge >= 0.3 is 0 Å². The minimum absolute atomic E-state index is 0.0456. The maximum absolute atomic E-state index is 12.6. The number of amidine groups is 1. The summed E-state index contributed by atoms with van der Waals surface area (Å²) in [4.78, 5) is 0. The number of hydrogen-bond acceptors (Lipinski definition) is 3. The van der Waals surface area contributed by atoms with Crippen LogP contribution in [0.25, 0.3) is 0 Å². The molecule has 0 unspecified atom stereocenters. The highest BCUT2D eigenvalue weighted by Gasteiger charge is 1.95. The Hall–Kier alpha value is -1.78. The highest BCUT2D eigenvalue weighted by Crippen LogP contribution is 2.07. The zero-order chi connectivity index (χ0) is 9.68. The van der Waals surface area contributed by atoms with Crippen molar-refractivity contribution in [1.29, 1.82) is 0 Å². The van der Waals surface area contributed by atoms with E-state index in [1.54, 1.807) is 12.1 Å². The molecule has 0 spiro atoms. The average Bonchev–Trinajstić information content (AvgIpc) is 2.14. The molecule has 0 fully saturated rings. The van der Waals surface area contributed by atoms with Gasteiger partial charge in [-0.2, -0.15) is 0 Å². The van der Waals surface area contributed by atoms with Crippen molar-refractivity contribution in [2.75, 3.05) is 11.9 Å². The normalized spacial score (nSPS) is 11.3. The molecule has 70 valence electrons. The fraction of sp³-hybridized carbons (Fsp3) is 0.125. The van der Waals surface area contributed by atoms with Crippen LogP contribution in [0.4, 0.5) is 10.1 Å². The van der Waals surface area contributed by atoms with Crippen molar-refractivity contribution in [2.45, 2.75) is 0 Å². The van der Waals surface area contributed by atoms with Gasteiger partial charge in [0.25, 0.3) is 0 Å². The number of nitrogens with two attached hydrogens (primary N) is 1. The Morgan fingerprint density at radius 3 is 3.00 bits per heavy atom. The molecule has 0 bridgehead atoms. The van der Waals surface area contributed by atoms with Gasteiger partial charge in [0.1, 0.15) is 5.82 Å². The van der Waals surface area contributed by atoms with Gasteiger partial charge in [-0.25, -0.2) is 4.39 Å². The Morgan fingerprint density at radius 1 is 1.62 bits per heavy atom. The molecule has 0 aromatic heterocycles. The molecule has 1 aromatic carbocycles. The van der Waals surface area contributed by atoms with Crippen LogP contribution in [-0.2, 0) is 0 Å². The quantitative estimate of drug-likeness (QED) is 0.283. The molecule has 1 rings (SSSR count). The lowest BCUT2D eigenvalue weighted by Gasteiger charge is -2.03. The van der Waals surface area contributed by atoms with Gasteiger partial charge < -0.3 is 16.3 Å². The summed E-state index contributed by atoms with van der Waals surface area (Å²) >= 11 is 0. The molecule has 0 aliphatic carbocycles. The summed E-state index contributed by atoms with van der Waals surface area (Å²) in [5, 5.41) is 13.8. The van der Waals surface area contributed by atoms with E-state index in [4.69, 9.17) is 10.9 Å². The van der Waals surface area contributed by atoms with Gasteiger partial charge in [0, 0.05) is 5.69 Å². The Morgan fingerprint density at radius 2 is 2.38 bits per heavy atom. The van der Waals surface area contributed by atoms with Crippen molar-refractivity contribution in [3.05, 3.63) is 30.1 Å². The summed E-state index contributed by atoms with van der Waals surface area (Å²) in [5.74, 6) is -0.284. The van der Waals surface area contributed by atoms with Crippen molar-refractivity contribution in [3.63, 3.8) is 0 Å². The predicted molar refractivity (Wildman–Crippen MR) is 48.3 cm³/mol. The van der Waals surface area contributed by atoms with Gasteiger partial charge in [0.15, 0.2) is 5.84 Å². The molecule has 4 nitrogen and oxygen atoms in total. The minimum Gasteiger partial charge on any atom is -0.409 e. The highest BCUT2D eigenvalue weighted by molar-refractivity contribution is 5.83. The molecule has 0 aliphatic heterocycles. The van der Waals surface area contributed by atoms with Crippen LogP contribution in [0.5, 0.6) is 0 Å². The van der Waals surface area contributed by atoms with Crippen LogP contribution in [-0.4, -0.2) is 17.6 Å². The lowest BCUT2D eigenvalue weighted by atomic mass is 10.3. The molecule has 0 radical (unpaired) electrons.